The van der Waals surface area contributed by atoms with E-state index in [1.807, 2.05) is 16.7 Å². The van der Waals surface area contributed by atoms with E-state index in [0.717, 1.165) is 5.65 Å². The second-order valence-corrected chi connectivity index (χ2v) is 6.93. The number of aromatic amines is 1. The molecule has 146 valence electrons. The Bertz CT molecular complexity index is 1020. The number of imidazole rings is 1. The van der Waals surface area contributed by atoms with Crippen LogP contribution in [0.25, 0.3) is 5.65 Å². The number of carbonyl (C=O) groups excluding carboxylic acids is 2. The van der Waals surface area contributed by atoms with Gasteiger partial charge in [-0.3, -0.25) is 9.89 Å². The molecule has 1 N–H and O–H groups in total. The molecule has 1 aliphatic carbocycles. The highest BCUT2D eigenvalue weighted by Gasteiger charge is 2.27. The van der Waals surface area contributed by atoms with E-state index in [2.05, 4.69) is 27.4 Å². The van der Waals surface area contributed by atoms with Crippen molar-refractivity contribution in [2.24, 2.45) is 0 Å². The van der Waals surface area contributed by atoms with Crippen molar-refractivity contribution in [2.45, 2.75) is 38.0 Å². The van der Waals surface area contributed by atoms with Gasteiger partial charge in [-0.15, -0.1) is 0 Å². The number of hydrogen-bond acceptors (Lipinski definition) is 6. The Kier molecular flexibility index (Phi) is 4.85. The van der Waals surface area contributed by atoms with E-state index in [9.17, 15) is 9.59 Å². The molecule has 0 spiro atoms. The largest absolute Gasteiger partial charge is 0.469 e. The Morgan fingerprint density at radius 3 is 2.86 bits per heavy atom. The van der Waals surface area contributed by atoms with Crippen molar-refractivity contribution in [1.29, 1.82) is 0 Å². The maximum absolute atomic E-state index is 12.0. The van der Waals surface area contributed by atoms with Gasteiger partial charge in [0.15, 0.2) is 5.69 Å². The summed E-state index contributed by atoms with van der Waals surface area (Å²) in [6.07, 6.45) is 6.54. The molecule has 0 aliphatic heterocycles. The Labute approximate surface area is 161 Å². The summed E-state index contributed by atoms with van der Waals surface area (Å²) in [5.74, 6) is -0.646. The highest BCUT2D eigenvalue weighted by atomic mass is 16.5. The van der Waals surface area contributed by atoms with Crippen molar-refractivity contribution < 1.29 is 19.1 Å². The molecule has 3 aromatic rings. The molecule has 3 aromatic heterocycles. The molecule has 1 fully saturated rings. The average molecular weight is 382 g/mol. The van der Waals surface area contributed by atoms with Crippen LogP contribution in [0.3, 0.4) is 0 Å². The van der Waals surface area contributed by atoms with Gasteiger partial charge in [-0.05, 0) is 43.4 Å². The molecular formula is C20H22N4O4. The molecule has 8 nitrogen and oxygen atoms in total. The maximum Gasteiger partial charge on any atom is 0.358 e. The van der Waals surface area contributed by atoms with Crippen LogP contribution in [0.4, 0.5) is 0 Å². The van der Waals surface area contributed by atoms with Gasteiger partial charge in [-0.1, -0.05) is 6.07 Å². The summed E-state index contributed by atoms with van der Waals surface area (Å²) in [5, 5.41) is 6.88. The first-order valence-electron chi connectivity index (χ1n) is 9.36. The summed E-state index contributed by atoms with van der Waals surface area (Å²) < 4.78 is 11.8. The number of esters is 2. The first-order valence-corrected chi connectivity index (χ1v) is 9.36. The zero-order valence-corrected chi connectivity index (χ0v) is 15.8. The van der Waals surface area contributed by atoms with Crippen molar-refractivity contribution in [1.82, 2.24) is 19.6 Å². The molecular weight excluding hydrogens is 360 g/mol. The van der Waals surface area contributed by atoms with Gasteiger partial charge in [-0.2, -0.15) is 5.10 Å². The van der Waals surface area contributed by atoms with E-state index in [1.54, 1.807) is 13.0 Å². The number of methoxy groups -OCH3 is 1. The fourth-order valence-corrected chi connectivity index (χ4v) is 3.30. The highest BCUT2D eigenvalue weighted by Crippen LogP contribution is 2.40. The van der Waals surface area contributed by atoms with Crippen LogP contribution >= 0.6 is 0 Å². The first-order chi connectivity index (χ1) is 13.6. The number of nitrogens with zero attached hydrogens (tertiary/aromatic N) is 3. The van der Waals surface area contributed by atoms with Crippen LogP contribution in [0.15, 0.2) is 30.6 Å². The summed E-state index contributed by atoms with van der Waals surface area (Å²) in [6, 6.07) is 5.70. The molecule has 28 heavy (non-hydrogen) atoms. The average Bonchev–Trinajstić information content (AvgIpc) is 3.27. The lowest BCUT2D eigenvalue weighted by molar-refractivity contribution is -0.140. The fraction of sp³-hybridized carbons (Fsp3) is 0.400. The van der Waals surface area contributed by atoms with Crippen LogP contribution in [0.1, 0.15) is 65.5 Å². The van der Waals surface area contributed by atoms with Gasteiger partial charge in [-0.25, -0.2) is 9.78 Å². The third-order valence-corrected chi connectivity index (χ3v) is 4.95. The molecule has 1 saturated carbocycles. The van der Waals surface area contributed by atoms with Crippen molar-refractivity contribution in [3.05, 3.63) is 53.2 Å². The van der Waals surface area contributed by atoms with Gasteiger partial charge in [0.2, 0.25) is 0 Å². The van der Waals surface area contributed by atoms with Crippen LogP contribution < -0.4 is 0 Å². The molecule has 8 heteroatoms. The molecule has 3 heterocycles. The predicted octanol–water partition coefficient (Wildman–Crippen LogP) is 2.81. The lowest BCUT2D eigenvalue weighted by Crippen LogP contribution is -2.11. The highest BCUT2D eigenvalue weighted by molar-refractivity contribution is 5.87. The maximum atomic E-state index is 12.0. The normalized spacial score (nSPS) is 14.8. The molecule has 0 saturated heterocycles. The molecule has 0 aromatic carbocycles. The van der Waals surface area contributed by atoms with Gasteiger partial charge in [0.05, 0.1) is 31.7 Å². The molecule has 0 amide bonds. The summed E-state index contributed by atoms with van der Waals surface area (Å²) in [5.41, 5.74) is 3.59. The number of carbonyl (C=O) groups is 2. The Morgan fingerprint density at radius 1 is 1.32 bits per heavy atom. The quantitative estimate of drug-likeness (QED) is 0.631. The SMILES string of the molecule is CCOC(=O)c1cc(C(CC(=O)OC)c2cn3cc(C4CC4)ccc3n2)[nH]n1. The molecule has 4 rings (SSSR count). The van der Waals surface area contributed by atoms with Gasteiger partial charge < -0.3 is 13.9 Å². The van der Waals surface area contributed by atoms with Crippen LogP contribution in [0.2, 0.25) is 0 Å². The third kappa shape index (κ3) is 3.62. The molecule has 0 radical (unpaired) electrons. The first kappa shape index (κ1) is 18.2. The number of hydrogen-bond donors (Lipinski definition) is 1. The summed E-state index contributed by atoms with van der Waals surface area (Å²) in [4.78, 5) is 28.6. The summed E-state index contributed by atoms with van der Waals surface area (Å²) >= 11 is 0. The van der Waals surface area contributed by atoms with E-state index in [-0.39, 0.29) is 24.7 Å². The summed E-state index contributed by atoms with van der Waals surface area (Å²) in [6.45, 7) is 2.00. The van der Waals surface area contributed by atoms with Gasteiger partial charge >= 0.3 is 11.9 Å². The Morgan fingerprint density at radius 2 is 2.14 bits per heavy atom. The molecule has 0 bridgehead atoms. The second kappa shape index (κ2) is 7.46. The van der Waals surface area contributed by atoms with Crippen LogP contribution in [0.5, 0.6) is 0 Å². The van der Waals surface area contributed by atoms with Crippen molar-refractivity contribution in [2.75, 3.05) is 13.7 Å². The fourth-order valence-electron chi connectivity index (χ4n) is 3.30. The topological polar surface area (TPSA) is 98.6 Å². The minimum absolute atomic E-state index is 0.0837. The van der Waals surface area contributed by atoms with Crippen molar-refractivity contribution in [3.63, 3.8) is 0 Å². The molecule has 1 atom stereocenters. The lowest BCUT2D eigenvalue weighted by atomic mass is 9.98. The monoisotopic (exact) mass is 382 g/mol. The Hall–Kier alpha value is -3.16. The zero-order chi connectivity index (χ0) is 19.7. The van der Waals surface area contributed by atoms with E-state index in [0.29, 0.717) is 17.3 Å². The van der Waals surface area contributed by atoms with Gasteiger partial charge in [0.1, 0.15) is 5.65 Å². The number of rotatable bonds is 7. The minimum Gasteiger partial charge on any atom is -0.469 e. The van der Waals surface area contributed by atoms with Gasteiger partial charge in [0, 0.05) is 18.1 Å². The third-order valence-electron chi connectivity index (χ3n) is 4.95. The zero-order valence-electron chi connectivity index (χ0n) is 15.8. The van der Waals surface area contributed by atoms with E-state index < -0.39 is 11.9 Å². The van der Waals surface area contributed by atoms with E-state index in [4.69, 9.17) is 9.47 Å². The summed E-state index contributed by atoms with van der Waals surface area (Å²) in [7, 11) is 1.35. The number of H-pyrrole nitrogens is 1. The predicted molar refractivity (Wildman–Crippen MR) is 100 cm³/mol. The van der Waals surface area contributed by atoms with Crippen LogP contribution in [-0.2, 0) is 14.3 Å². The van der Waals surface area contributed by atoms with Crippen molar-refractivity contribution in [3.8, 4) is 0 Å². The van der Waals surface area contributed by atoms with Crippen molar-refractivity contribution >= 4 is 17.6 Å². The standard InChI is InChI=1S/C20H22N4O4/c1-3-28-20(26)16-9-15(22-23-16)14(8-19(25)27-2)17-11-24-10-13(12-4-5-12)6-7-18(24)21-17/h6-7,9-12,14H,3-5,8H2,1-2H3,(H,22,23). The van der Waals surface area contributed by atoms with Crippen LogP contribution in [0, 0.1) is 0 Å². The smallest absolute Gasteiger partial charge is 0.358 e. The number of fused-ring (bicyclic) bond motifs is 1. The Balaban J connectivity index is 1.68. The molecule has 1 aliphatic rings. The van der Waals surface area contributed by atoms with E-state index in [1.165, 1.54) is 25.5 Å². The number of pyridine rings is 1. The second-order valence-electron chi connectivity index (χ2n) is 6.93. The minimum atomic E-state index is -0.508. The van der Waals surface area contributed by atoms with E-state index >= 15 is 0 Å². The lowest BCUT2D eigenvalue weighted by Gasteiger charge is -2.11. The van der Waals surface area contributed by atoms with Crippen LogP contribution in [-0.4, -0.2) is 45.2 Å². The number of ether oxygens (including phenoxy) is 2. The molecule has 1 unspecified atom stereocenters. The number of aromatic nitrogens is 4. The number of nitrogens with one attached hydrogen (secondary N) is 1. The van der Waals surface area contributed by atoms with Gasteiger partial charge in [0.25, 0.3) is 0 Å².